The van der Waals surface area contributed by atoms with Gasteiger partial charge in [-0.1, -0.05) is 31.2 Å². The SMILES string of the molecule is CCc1ccc([C@H](CNC(=O)Nc2ccc3c(c2)OCO3)N(C)C)cc1. The molecule has 6 heteroatoms. The number of carbonyl (C=O) groups is 1. The molecule has 1 atom stereocenters. The average Bonchev–Trinajstić information content (AvgIpc) is 3.10. The van der Waals surface area contributed by atoms with Gasteiger partial charge < -0.3 is 25.0 Å². The lowest BCUT2D eigenvalue weighted by Gasteiger charge is -2.25. The summed E-state index contributed by atoms with van der Waals surface area (Å²) in [5.74, 6) is 1.34. The second kappa shape index (κ2) is 8.10. The van der Waals surface area contributed by atoms with E-state index in [1.165, 1.54) is 11.1 Å². The summed E-state index contributed by atoms with van der Waals surface area (Å²) < 4.78 is 10.6. The van der Waals surface area contributed by atoms with Crippen LogP contribution in [0.25, 0.3) is 0 Å². The summed E-state index contributed by atoms with van der Waals surface area (Å²) in [6.07, 6.45) is 1.02. The van der Waals surface area contributed by atoms with Crippen molar-refractivity contribution in [3.8, 4) is 11.5 Å². The maximum Gasteiger partial charge on any atom is 0.319 e. The number of hydrogen-bond donors (Lipinski definition) is 2. The maximum atomic E-state index is 12.3. The molecule has 2 N–H and O–H groups in total. The average molecular weight is 355 g/mol. The zero-order valence-electron chi connectivity index (χ0n) is 15.4. The van der Waals surface area contributed by atoms with Crippen LogP contribution in [0, 0.1) is 0 Å². The molecule has 0 unspecified atom stereocenters. The molecule has 0 fully saturated rings. The first-order valence-electron chi connectivity index (χ1n) is 8.76. The number of ether oxygens (including phenoxy) is 2. The van der Waals surface area contributed by atoms with Gasteiger partial charge in [0, 0.05) is 18.3 Å². The standard InChI is InChI=1S/C20H25N3O3/c1-4-14-5-7-15(8-6-14)17(23(2)3)12-21-20(24)22-16-9-10-18-19(11-16)26-13-25-18/h5-11,17H,4,12-13H2,1-3H3,(H2,21,22,24)/t17-/m0/s1. The molecule has 2 amide bonds. The van der Waals surface area contributed by atoms with E-state index in [1.807, 2.05) is 14.1 Å². The van der Waals surface area contributed by atoms with E-state index in [-0.39, 0.29) is 18.9 Å². The number of likely N-dealkylation sites (N-methyl/N-ethyl adjacent to an activating group) is 1. The van der Waals surface area contributed by atoms with Gasteiger partial charge in [-0.3, -0.25) is 0 Å². The Bertz CT molecular complexity index is 759. The summed E-state index contributed by atoms with van der Waals surface area (Å²) in [4.78, 5) is 14.4. The number of aryl methyl sites for hydroxylation is 1. The van der Waals surface area contributed by atoms with Gasteiger partial charge in [-0.25, -0.2) is 4.79 Å². The third kappa shape index (κ3) is 4.26. The number of benzene rings is 2. The van der Waals surface area contributed by atoms with Crippen molar-refractivity contribution in [3.05, 3.63) is 53.6 Å². The molecule has 0 aliphatic carbocycles. The normalized spacial score (nSPS) is 13.5. The Morgan fingerprint density at radius 3 is 2.54 bits per heavy atom. The van der Waals surface area contributed by atoms with Crippen LogP contribution in [0.2, 0.25) is 0 Å². The molecule has 1 aliphatic rings. The van der Waals surface area contributed by atoms with Crippen molar-refractivity contribution in [3.63, 3.8) is 0 Å². The molecule has 2 aromatic carbocycles. The molecule has 26 heavy (non-hydrogen) atoms. The topological polar surface area (TPSA) is 62.8 Å². The van der Waals surface area contributed by atoms with Gasteiger partial charge in [-0.15, -0.1) is 0 Å². The molecule has 0 bridgehead atoms. The largest absolute Gasteiger partial charge is 0.454 e. The van der Waals surface area contributed by atoms with Crippen LogP contribution in [0.4, 0.5) is 10.5 Å². The van der Waals surface area contributed by atoms with E-state index in [0.717, 1.165) is 6.42 Å². The number of rotatable bonds is 6. The molecule has 3 rings (SSSR count). The highest BCUT2D eigenvalue weighted by atomic mass is 16.7. The molecule has 2 aromatic rings. The molecule has 1 heterocycles. The lowest BCUT2D eigenvalue weighted by molar-refractivity contribution is 0.174. The van der Waals surface area contributed by atoms with Crippen molar-refractivity contribution in [1.29, 1.82) is 0 Å². The van der Waals surface area contributed by atoms with Crippen molar-refractivity contribution in [2.75, 3.05) is 32.7 Å². The number of fused-ring (bicyclic) bond motifs is 1. The molecule has 6 nitrogen and oxygen atoms in total. The molecule has 0 radical (unpaired) electrons. The highest BCUT2D eigenvalue weighted by molar-refractivity contribution is 5.89. The third-order valence-electron chi connectivity index (χ3n) is 4.48. The number of nitrogens with one attached hydrogen (secondary N) is 2. The van der Waals surface area contributed by atoms with Crippen molar-refractivity contribution in [2.45, 2.75) is 19.4 Å². The lowest BCUT2D eigenvalue weighted by Crippen LogP contribution is -2.36. The first-order valence-corrected chi connectivity index (χ1v) is 8.76. The minimum Gasteiger partial charge on any atom is -0.454 e. The highest BCUT2D eigenvalue weighted by Gasteiger charge is 2.17. The fourth-order valence-electron chi connectivity index (χ4n) is 2.91. The predicted molar refractivity (Wildman–Crippen MR) is 102 cm³/mol. The molecular weight excluding hydrogens is 330 g/mol. The van der Waals surface area contributed by atoms with Crippen molar-refractivity contribution < 1.29 is 14.3 Å². The van der Waals surface area contributed by atoms with Crippen LogP contribution < -0.4 is 20.1 Å². The fraction of sp³-hybridized carbons (Fsp3) is 0.350. The van der Waals surface area contributed by atoms with E-state index in [0.29, 0.717) is 23.7 Å². The van der Waals surface area contributed by atoms with Crippen LogP contribution in [0.5, 0.6) is 11.5 Å². The Balaban J connectivity index is 1.59. The summed E-state index contributed by atoms with van der Waals surface area (Å²) in [5, 5.41) is 5.78. The van der Waals surface area contributed by atoms with Gasteiger partial charge in [0.05, 0.1) is 6.04 Å². The van der Waals surface area contributed by atoms with E-state index in [9.17, 15) is 4.79 Å². The Morgan fingerprint density at radius 2 is 1.85 bits per heavy atom. The van der Waals surface area contributed by atoms with Crippen LogP contribution >= 0.6 is 0 Å². The fourth-order valence-corrected chi connectivity index (χ4v) is 2.91. The number of nitrogens with zero attached hydrogens (tertiary/aromatic N) is 1. The molecule has 0 saturated heterocycles. The maximum absolute atomic E-state index is 12.3. The van der Waals surface area contributed by atoms with Gasteiger partial charge >= 0.3 is 6.03 Å². The first kappa shape index (κ1) is 18.1. The van der Waals surface area contributed by atoms with E-state index in [1.54, 1.807) is 18.2 Å². The number of hydrogen-bond acceptors (Lipinski definition) is 4. The predicted octanol–water partition coefficient (Wildman–Crippen LogP) is 3.40. The summed E-state index contributed by atoms with van der Waals surface area (Å²) in [7, 11) is 4.02. The smallest absolute Gasteiger partial charge is 0.319 e. The molecule has 0 spiro atoms. The van der Waals surface area contributed by atoms with Crippen LogP contribution in [0.15, 0.2) is 42.5 Å². The molecule has 0 aromatic heterocycles. The lowest BCUT2D eigenvalue weighted by atomic mass is 10.0. The summed E-state index contributed by atoms with van der Waals surface area (Å²) >= 11 is 0. The van der Waals surface area contributed by atoms with E-state index in [4.69, 9.17) is 9.47 Å². The number of anilines is 1. The van der Waals surface area contributed by atoms with E-state index in [2.05, 4.69) is 46.7 Å². The highest BCUT2D eigenvalue weighted by Crippen LogP contribution is 2.34. The zero-order chi connectivity index (χ0) is 18.5. The van der Waals surface area contributed by atoms with Crippen LogP contribution in [0.3, 0.4) is 0 Å². The summed E-state index contributed by atoms with van der Waals surface area (Å²) in [5.41, 5.74) is 3.15. The molecule has 1 aliphatic heterocycles. The minimum atomic E-state index is -0.249. The Morgan fingerprint density at radius 1 is 1.12 bits per heavy atom. The molecule has 0 saturated carbocycles. The number of amides is 2. The Kier molecular flexibility index (Phi) is 5.63. The minimum absolute atomic E-state index is 0.100. The molecular formula is C20H25N3O3. The van der Waals surface area contributed by atoms with Crippen LogP contribution in [0.1, 0.15) is 24.1 Å². The second-order valence-electron chi connectivity index (χ2n) is 6.48. The Labute approximate surface area is 154 Å². The third-order valence-corrected chi connectivity index (χ3v) is 4.48. The van der Waals surface area contributed by atoms with Crippen LogP contribution in [-0.2, 0) is 6.42 Å². The van der Waals surface area contributed by atoms with Gasteiger partial charge in [0.15, 0.2) is 11.5 Å². The van der Waals surface area contributed by atoms with Crippen molar-refractivity contribution in [1.82, 2.24) is 10.2 Å². The first-order chi connectivity index (χ1) is 12.6. The van der Waals surface area contributed by atoms with Gasteiger partial charge in [-0.05, 0) is 43.8 Å². The van der Waals surface area contributed by atoms with Gasteiger partial charge in [0.1, 0.15) is 0 Å². The van der Waals surface area contributed by atoms with Crippen molar-refractivity contribution >= 4 is 11.7 Å². The summed E-state index contributed by atoms with van der Waals surface area (Å²) in [6, 6.07) is 13.7. The molecule has 138 valence electrons. The number of carbonyl (C=O) groups excluding carboxylic acids is 1. The summed E-state index contributed by atoms with van der Waals surface area (Å²) in [6.45, 7) is 2.86. The van der Waals surface area contributed by atoms with Gasteiger partial charge in [0.25, 0.3) is 0 Å². The zero-order valence-corrected chi connectivity index (χ0v) is 15.4. The Hall–Kier alpha value is -2.73. The second-order valence-corrected chi connectivity index (χ2v) is 6.48. The van der Waals surface area contributed by atoms with Gasteiger partial charge in [0.2, 0.25) is 6.79 Å². The van der Waals surface area contributed by atoms with E-state index < -0.39 is 0 Å². The van der Waals surface area contributed by atoms with Gasteiger partial charge in [-0.2, -0.15) is 0 Å². The van der Waals surface area contributed by atoms with E-state index >= 15 is 0 Å². The number of urea groups is 1. The quantitative estimate of drug-likeness (QED) is 0.834. The van der Waals surface area contributed by atoms with Crippen LogP contribution in [-0.4, -0.2) is 38.4 Å². The van der Waals surface area contributed by atoms with Crippen molar-refractivity contribution in [2.24, 2.45) is 0 Å². The monoisotopic (exact) mass is 355 g/mol.